The van der Waals surface area contributed by atoms with Crippen LogP contribution in [-0.4, -0.2) is 76.4 Å². The van der Waals surface area contributed by atoms with Crippen LogP contribution >= 0.6 is 0 Å². The van der Waals surface area contributed by atoms with Gasteiger partial charge in [0.15, 0.2) is 11.5 Å². The summed E-state index contributed by atoms with van der Waals surface area (Å²) in [5.74, 6) is 1.16. The van der Waals surface area contributed by atoms with Crippen LogP contribution in [0.15, 0.2) is 66.7 Å². The molecule has 4 rings (SSSR count). The van der Waals surface area contributed by atoms with E-state index >= 15 is 0 Å². The van der Waals surface area contributed by atoms with Crippen molar-refractivity contribution in [2.45, 2.75) is 56.1 Å². The second kappa shape index (κ2) is 12.0. The lowest BCUT2D eigenvalue weighted by molar-refractivity contribution is -0.237. The van der Waals surface area contributed by atoms with E-state index in [0.29, 0.717) is 24.3 Å². The lowest BCUT2D eigenvalue weighted by Gasteiger charge is -2.41. The highest BCUT2D eigenvalue weighted by Crippen LogP contribution is 2.40. The fourth-order valence-electron chi connectivity index (χ4n) is 4.88. The van der Waals surface area contributed by atoms with Crippen molar-refractivity contribution >= 4 is 0 Å². The van der Waals surface area contributed by atoms with Gasteiger partial charge >= 0.3 is 0 Å². The molecule has 0 aliphatic heterocycles. The molecule has 0 saturated heterocycles. The molecule has 0 amide bonds. The van der Waals surface area contributed by atoms with E-state index in [1.165, 1.54) is 0 Å². The first-order chi connectivity index (χ1) is 17.8. The summed E-state index contributed by atoms with van der Waals surface area (Å²) >= 11 is 0. The molecule has 0 bridgehead atoms. The van der Waals surface area contributed by atoms with Gasteiger partial charge in [-0.25, -0.2) is 0 Å². The van der Waals surface area contributed by atoms with Crippen molar-refractivity contribution < 1.29 is 39.7 Å². The lowest BCUT2D eigenvalue weighted by Crippen LogP contribution is -2.64. The number of aliphatic hydroxyl groups is 5. The predicted molar refractivity (Wildman–Crippen MR) is 137 cm³/mol. The van der Waals surface area contributed by atoms with Gasteiger partial charge in [0.1, 0.15) is 36.6 Å². The molecule has 5 N–H and O–H groups in total. The average molecular weight is 511 g/mol. The summed E-state index contributed by atoms with van der Waals surface area (Å²) in [6.07, 6.45) is -8.43. The standard InChI is InChI=1S/C29H34O8/c1-35-27-19(13-17-9-5-3-6-10-17)15-20(21(28(27)36-2)14-18-11-7-4-8-12-18)16-37-29-25(33)23(31)22(30)24(32)26(29)34/h3-12,15,22-26,29-34H,13-14,16H2,1-2H3/t22-,23-,24+,25-,26-,29-/m0/s1. The molecule has 0 spiro atoms. The molecule has 0 heterocycles. The summed E-state index contributed by atoms with van der Waals surface area (Å²) in [5.41, 5.74) is 4.52. The third-order valence-electron chi connectivity index (χ3n) is 6.88. The summed E-state index contributed by atoms with van der Waals surface area (Å²) in [5, 5.41) is 51.1. The van der Waals surface area contributed by atoms with Crippen molar-refractivity contribution in [3.8, 4) is 11.5 Å². The first-order valence-corrected chi connectivity index (χ1v) is 12.2. The molecule has 198 valence electrons. The second-order valence-corrected chi connectivity index (χ2v) is 9.29. The first-order valence-electron chi connectivity index (χ1n) is 12.2. The Morgan fingerprint density at radius 2 is 1.08 bits per heavy atom. The van der Waals surface area contributed by atoms with Crippen LogP contribution in [0.4, 0.5) is 0 Å². The molecule has 0 radical (unpaired) electrons. The Labute approximate surface area is 216 Å². The Bertz CT molecular complexity index is 1140. The van der Waals surface area contributed by atoms with Crippen LogP contribution in [0.1, 0.15) is 27.8 Å². The van der Waals surface area contributed by atoms with Gasteiger partial charge in [-0.05, 0) is 22.8 Å². The van der Waals surface area contributed by atoms with Crippen LogP contribution in [-0.2, 0) is 24.2 Å². The molecule has 1 aliphatic carbocycles. The highest BCUT2D eigenvalue weighted by atomic mass is 16.5. The molecule has 6 atom stereocenters. The van der Waals surface area contributed by atoms with Crippen LogP contribution in [0, 0.1) is 0 Å². The quantitative estimate of drug-likeness (QED) is 0.294. The van der Waals surface area contributed by atoms with Crippen molar-refractivity contribution in [2.24, 2.45) is 0 Å². The van der Waals surface area contributed by atoms with E-state index in [1.807, 2.05) is 66.7 Å². The van der Waals surface area contributed by atoms with Gasteiger partial charge in [-0.3, -0.25) is 0 Å². The minimum atomic E-state index is -1.68. The van der Waals surface area contributed by atoms with E-state index in [9.17, 15) is 25.5 Å². The van der Waals surface area contributed by atoms with Crippen molar-refractivity contribution in [3.05, 3.63) is 94.5 Å². The number of methoxy groups -OCH3 is 2. The molecular weight excluding hydrogens is 476 g/mol. The topological polar surface area (TPSA) is 129 Å². The maximum atomic E-state index is 10.5. The largest absolute Gasteiger partial charge is 0.493 e. The van der Waals surface area contributed by atoms with Crippen LogP contribution in [0.25, 0.3) is 0 Å². The third kappa shape index (κ3) is 5.80. The van der Waals surface area contributed by atoms with Gasteiger partial charge in [-0.1, -0.05) is 60.7 Å². The maximum Gasteiger partial charge on any atom is 0.164 e. The summed E-state index contributed by atoms with van der Waals surface area (Å²) in [6.45, 7) is -0.0569. The van der Waals surface area contributed by atoms with E-state index in [1.54, 1.807) is 14.2 Å². The van der Waals surface area contributed by atoms with Gasteiger partial charge in [0, 0.05) is 24.0 Å². The lowest BCUT2D eigenvalue weighted by atomic mass is 9.85. The molecule has 37 heavy (non-hydrogen) atoms. The Balaban J connectivity index is 1.74. The van der Waals surface area contributed by atoms with Crippen molar-refractivity contribution in [1.29, 1.82) is 0 Å². The summed E-state index contributed by atoms with van der Waals surface area (Å²) in [4.78, 5) is 0. The number of hydrogen-bond donors (Lipinski definition) is 5. The van der Waals surface area contributed by atoms with E-state index in [0.717, 1.165) is 27.8 Å². The normalized spacial score (nSPS) is 25.6. The Morgan fingerprint density at radius 3 is 1.59 bits per heavy atom. The zero-order valence-corrected chi connectivity index (χ0v) is 20.9. The summed E-state index contributed by atoms with van der Waals surface area (Å²) in [7, 11) is 3.17. The van der Waals surface area contributed by atoms with Gasteiger partial charge in [0.25, 0.3) is 0 Å². The number of hydrogen-bond acceptors (Lipinski definition) is 8. The SMILES string of the molecule is COc1c(Cc2ccccc2)cc(CO[C@@H]2[C@@H](O)[C@H](O)[C@@H](O)[C@H](O)[C@@H]2O)c(Cc2ccccc2)c1OC. The van der Waals surface area contributed by atoms with Gasteiger partial charge < -0.3 is 39.7 Å². The van der Waals surface area contributed by atoms with Gasteiger partial charge in [0.2, 0.25) is 0 Å². The first kappa shape index (κ1) is 27.1. The zero-order chi connectivity index (χ0) is 26.5. The molecule has 0 unspecified atom stereocenters. The fourth-order valence-corrected chi connectivity index (χ4v) is 4.88. The Kier molecular flexibility index (Phi) is 8.81. The van der Waals surface area contributed by atoms with Crippen LogP contribution in [0.3, 0.4) is 0 Å². The minimum absolute atomic E-state index is 0.0569. The minimum Gasteiger partial charge on any atom is -0.493 e. The van der Waals surface area contributed by atoms with Crippen LogP contribution < -0.4 is 9.47 Å². The molecule has 3 aromatic carbocycles. The van der Waals surface area contributed by atoms with E-state index in [2.05, 4.69) is 0 Å². The van der Waals surface area contributed by atoms with Gasteiger partial charge in [-0.2, -0.15) is 0 Å². The predicted octanol–water partition coefficient (Wildman–Crippen LogP) is 1.59. The maximum absolute atomic E-state index is 10.5. The van der Waals surface area contributed by atoms with Crippen molar-refractivity contribution in [1.82, 2.24) is 0 Å². The fraction of sp³-hybridized carbons (Fsp3) is 0.379. The molecule has 1 fully saturated rings. The smallest absolute Gasteiger partial charge is 0.164 e. The summed E-state index contributed by atoms with van der Waals surface area (Å²) in [6, 6.07) is 21.7. The van der Waals surface area contributed by atoms with Crippen molar-refractivity contribution in [3.63, 3.8) is 0 Å². The van der Waals surface area contributed by atoms with Gasteiger partial charge in [0.05, 0.1) is 20.8 Å². The molecule has 0 aromatic heterocycles. The van der Waals surface area contributed by atoms with Crippen LogP contribution in [0.2, 0.25) is 0 Å². The molecule has 8 heteroatoms. The van der Waals surface area contributed by atoms with E-state index in [-0.39, 0.29) is 6.61 Å². The number of benzene rings is 3. The zero-order valence-electron chi connectivity index (χ0n) is 20.9. The second-order valence-electron chi connectivity index (χ2n) is 9.29. The highest BCUT2D eigenvalue weighted by Gasteiger charge is 2.49. The van der Waals surface area contributed by atoms with Crippen molar-refractivity contribution in [2.75, 3.05) is 14.2 Å². The molecule has 1 saturated carbocycles. The highest BCUT2D eigenvalue weighted by molar-refractivity contribution is 5.58. The van der Waals surface area contributed by atoms with E-state index in [4.69, 9.17) is 14.2 Å². The molecule has 1 aliphatic rings. The molecular formula is C29H34O8. The van der Waals surface area contributed by atoms with Crippen LogP contribution in [0.5, 0.6) is 11.5 Å². The Hall–Kier alpha value is -2.98. The molecule has 3 aromatic rings. The number of ether oxygens (including phenoxy) is 3. The number of rotatable bonds is 9. The van der Waals surface area contributed by atoms with E-state index < -0.39 is 36.6 Å². The number of aliphatic hydroxyl groups excluding tert-OH is 5. The van der Waals surface area contributed by atoms with Gasteiger partial charge in [-0.15, -0.1) is 0 Å². The third-order valence-corrected chi connectivity index (χ3v) is 6.88. The average Bonchev–Trinajstić information content (AvgIpc) is 2.92. The Morgan fingerprint density at radius 1 is 0.595 bits per heavy atom. The monoisotopic (exact) mass is 510 g/mol. The molecule has 8 nitrogen and oxygen atoms in total. The summed E-state index contributed by atoms with van der Waals surface area (Å²) < 4.78 is 17.6.